The van der Waals surface area contributed by atoms with Crippen LogP contribution in [0.2, 0.25) is 0 Å². The van der Waals surface area contributed by atoms with Crippen molar-refractivity contribution in [3.05, 3.63) is 28.7 Å². The lowest BCUT2D eigenvalue weighted by Crippen LogP contribution is -2.36. The maximum atomic E-state index is 11.8. The molecule has 0 aromatic heterocycles. The van der Waals surface area contributed by atoms with E-state index in [0.717, 1.165) is 16.6 Å². The Morgan fingerprint density at radius 1 is 1.30 bits per heavy atom. The van der Waals surface area contributed by atoms with Crippen molar-refractivity contribution in [3.63, 3.8) is 0 Å². The van der Waals surface area contributed by atoms with Crippen LogP contribution in [-0.2, 0) is 9.59 Å². The summed E-state index contributed by atoms with van der Waals surface area (Å²) in [5.74, 6) is -0.0913. The fraction of sp³-hybridized carbons (Fsp3) is 0.467. The van der Waals surface area contributed by atoms with Crippen LogP contribution in [-0.4, -0.2) is 24.4 Å². The third kappa shape index (κ3) is 5.33. The van der Waals surface area contributed by atoms with Crippen LogP contribution in [0.4, 0.5) is 5.69 Å². The number of carbonyl (C=O) groups excluding carboxylic acids is 2. The van der Waals surface area contributed by atoms with Gasteiger partial charge >= 0.3 is 0 Å². The Morgan fingerprint density at radius 3 is 2.40 bits per heavy atom. The zero-order chi connectivity index (χ0) is 15.1. The van der Waals surface area contributed by atoms with Gasteiger partial charge in [-0.15, -0.1) is 0 Å². The molecule has 110 valence electrons. The molecule has 0 aliphatic carbocycles. The van der Waals surface area contributed by atoms with Crippen molar-refractivity contribution in [2.75, 3.05) is 11.4 Å². The third-order valence-corrected chi connectivity index (χ3v) is 3.63. The molecular formula is C15H21BrN2O2. The zero-order valence-corrected chi connectivity index (χ0v) is 13.7. The first-order chi connectivity index (χ1) is 9.43. The van der Waals surface area contributed by atoms with E-state index in [2.05, 4.69) is 21.2 Å². The minimum absolute atomic E-state index is 0.0253. The summed E-state index contributed by atoms with van der Waals surface area (Å²) in [7, 11) is 0. The van der Waals surface area contributed by atoms with Gasteiger partial charge in [0.15, 0.2) is 0 Å². The van der Waals surface area contributed by atoms with Crippen molar-refractivity contribution in [3.8, 4) is 0 Å². The van der Waals surface area contributed by atoms with Crippen molar-refractivity contribution in [1.82, 2.24) is 5.32 Å². The normalized spacial score (nSPS) is 11.8. The highest BCUT2D eigenvalue weighted by Gasteiger charge is 2.14. The largest absolute Gasteiger partial charge is 0.354 e. The van der Waals surface area contributed by atoms with Crippen molar-refractivity contribution in [2.24, 2.45) is 0 Å². The Labute approximate surface area is 128 Å². The minimum Gasteiger partial charge on any atom is -0.354 e. The summed E-state index contributed by atoms with van der Waals surface area (Å²) in [6.45, 7) is 5.89. The number of hydrogen-bond acceptors (Lipinski definition) is 2. The van der Waals surface area contributed by atoms with Crippen molar-refractivity contribution < 1.29 is 9.59 Å². The number of benzene rings is 1. The van der Waals surface area contributed by atoms with Crippen LogP contribution >= 0.6 is 15.9 Å². The second kappa shape index (κ2) is 8.04. The first-order valence-electron chi connectivity index (χ1n) is 6.77. The van der Waals surface area contributed by atoms with E-state index in [1.807, 2.05) is 38.1 Å². The molecule has 1 aromatic carbocycles. The molecule has 1 atom stereocenters. The van der Waals surface area contributed by atoms with Gasteiger partial charge < -0.3 is 10.2 Å². The summed E-state index contributed by atoms with van der Waals surface area (Å²) in [5.41, 5.74) is 0.803. The standard InChI is InChI=1S/C15H21BrN2O2/c1-4-11(2)17-15(20)9-10-18(12(3)19)14-7-5-13(16)6-8-14/h5-8,11H,4,9-10H2,1-3H3,(H,17,20). The fourth-order valence-electron chi connectivity index (χ4n) is 1.75. The highest BCUT2D eigenvalue weighted by atomic mass is 79.9. The summed E-state index contributed by atoms with van der Waals surface area (Å²) in [6.07, 6.45) is 1.20. The second-order valence-corrected chi connectivity index (χ2v) is 5.69. The van der Waals surface area contributed by atoms with E-state index in [-0.39, 0.29) is 17.9 Å². The maximum absolute atomic E-state index is 11.8. The number of rotatable bonds is 6. The number of anilines is 1. The monoisotopic (exact) mass is 340 g/mol. The predicted molar refractivity (Wildman–Crippen MR) is 84.7 cm³/mol. The van der Waals surface area contributed by atoms with Crippen LogP contribution in [0.3, 0.4) is 0 Å². The molecule has 2 amide bonds. The van der Waals surface area contributed by atoms with Crippen LogP contribution in [0.1, 0.15) is 33.6 Å². The molecule has 0 spiro atoms. The molecule has 1 rings (SSSR count). The SMILES string of the molecule is CCC(C)NC(=O)CCN(C(C)=O)c1ccc(Br)cc1. The number of amides is 2. The summed E-state index contributed by atoms with van der Waals surface area (Å²) in [6, 6.07) is 7.64. The molecule has 1 N–H and O–H groups in total. The quantitative estimate of drug-likeness (QED) is 0.864. The first kappa shape index (κ1) is 16.7. The number of halogens is 1. The third-order valence-electron chi connectivity index (χ3n) is 3.10. The average molecular weight is 341 g/mol. The van der Waals surface area contributed by atoms with E-state index < -0.39 is 0 Å². The van der Waals surface area contributed by atoms with Crippen LogP contribution in [0.25, 0.3) is 0 Å². The molecule has 0 aliphatic rings. The molecule has 0 heterocycles. The Kier molecular flexibility index (Phi) is 6.71. The van der Waals surface area contributed by atoms with Gasteiger partial charge in [0.05, 0.1) is 0 Å². The van der Waals surface area contributed by atoms with Crippen molar-refractivity contribution >= 4 is 33.4 Å². The Hall–Kier alpha value is -1.36. The van der Waals surface area contributed by atoms with Gasteiger partial charge in [-0.1, -0.05) is 22.9 Å². The summed E-state index contributed by atoms with van der Waals surface area (Å²) in [5, 5.41) is 2.90. The van der Waals surface area contributed by atoms with E-state index in [9.17, 15) is 9.59 Å². The topological polar surface area (TPSA) is 49.4 Å². The van der Waals surface area contributed by atoms with E-state index >= 15 is 0 Å². The average Bonchev–Trinajstić information content (AvgIpc) is 2.40. The highest BCUT2D eigenvalue weighted by molar-refractivity contribution is 9.10. The van der Waals surface area contributed by atoms with E-state index in [1.165, 1.54) is 6.92 Å². The van der Waals surface area contributed by atoms with Gasteiger partial charge in [0, 0.05) is 36.1 Å². The molecule has 20 heavy (non-hydrogen) atoms. The van der Waals surface area contributed by atoms with Gasteiger partial charge in [-0.05, 0) is 37.6 Å². The van der Waals surface area contributed by atoms with Crippen LogP contribution in [0.5, 0.6) is 0 Å². The molecule has 0 fully saturated rings. The summed E-state index contributed by atoms with van der Waals surface area (Å²) >= 11 is 3.36. The van der Waals surface area contributed by atoms with Crippen LogP contribution < -0.4 is 10.2 Å². The lowest BCUT2D eigenvalue weighted by atomic mass is 10.2. The Bertz CT molecular complexity index is 459. The molecule has 1 unspecified atom stereocenters. The highest BCUT2D eigenvalue weighted by Crippen LogP contribution is 2.18. The minimum atomic E-state index is -0.0661. The van der Waals surface area contributed by atoms with E-state index in [0.29, 0.717) is 13.0 Å². The van der Waals surface area contributed by atoms with Gasteiger partial charge in [-0.25, -0.2) is 0 Å². The predicted octanol–water partition coefficient (Wildman–Crippen LogP) is 3.11. The smallest absolute Gasteiger partial charge is 0.223 e. The van der Waals surface area contributed by atoms with Crippen LogP contribution in [0, 0.1) is 0 Å². The maximum Gasteiger partial charge on any atom is 0.223 e. The van der Waals surface area contributed by atoms with Gasteiger partial charge in [0.25, 0.3) is 0 Å². The van der Waals surface area contributed by atoms with Gasteiger partial charge in [-0.3, -0.25) is 9.59 Å². The summed E-state index contributed by atoms with van der Waals surface area (Å²) in [4.78, 5) is 25.1. The zero-order valence-electron chi connectivity index (χ0n) is 12.1. The number of nitrogens with one attached hydrogen (secondary N) is 1. The molecular weight excluding hydrogens is 320 g/mol. The second-order valence-electron chi connectivity index (χ2n) is 4.77. The molecule has 5 heteroatoms. The van der Waals surface area contributed by atoms with Gasteiger partial charge in [0.2, 0.25) is 11.8 Å². The lowest BCUT2D eigenvalue weighted by molar-refractivity contribution is -0.121. The molecule has 0 saturated carbocycles. The van der Waals surface area contributed by atoms with Gasteiger partial charge in [0.1, 0.15) is 0 Å². The van der Waals surface area contributed by atoms with E-state index in [4.69, 9.17) is 0 Å². The molecule has 1 aromatic rings. The number of carbonyl (C=O) groups is 2. The molecule has 0 aliphatic heterocycles. The van der Waals surface area contributed by atoms with Crippen molar-refractivity contribution in [1.29, 1.82) is 0 Å². The number of nitrogens with zero attached hydrogens (tertiary/aromatic N) is 1. The Balaban J connectivity index is 2.62. The molecule has 4 nitrogen and oxygen atoms in total. The molecule has 0 saturated heterocycles. The number of hydrogen-bond donors (Lipinski definition) is 1. The van der Waals surface area contributed by atoms with Gasteiger partial charge in [-0.2, -0.15) is 0 Å². The van der Waals surface area contributed by atoms with E-state index in [1.54, 1.807) is 4.90 Å². The fourth-order valence-corrected chi connectivity index (χ4v) is 2.02. The van der Waals surface area contributed by atoms with Crippen molar-refractivity contribution in [2.45, 2.75) is 39.7 Å². The first-order valence-corrected chi connectivity index (χ1v) is 7.56. The van der Waals surface area contributed by atoms with Crippen LogP contribution in [0.15, 0.2) is 28.7 Å². The summed E-state index contributed by atoms with van der Waals surface area (Å²) < 4.78 is 0.958. The lowest BCUT2D eigenvalue weighted by Gasteiger charge is -2.21. The molecule has 0 bridgehead atoms. The molecule has 0 radical (unpaired) electrons. The Morgan fingerprint density at radius 2 is 1.90 bits per heavy atom.